The van der Waals surface area contributed by atoms with Gasteiger partial charge in [-0.05, 0) is 24.3 Å². The van der Waals surface area contributed by atoms with Gasteiger partial charge in [0.05, 0.1) is 0 Å². The Kier molecular flexibility index (Phi) is 4.38. The fraction of sp³-hybridized carbons (Fsp3) is 0. The van der Waals surface area contributed by atoms with Crippen LogP contribution in [-0.2, 0) is 0 Å². The van der Waals surface area contributed by atoms with Gasteiger partial charge < -0.3 is 0 Å². The molecule has 0 saturated carbocycles. The summed E-state index contributed by atoms with van der Waals surface area (Å²) in [5.74, 6) is 0. The molecule has 0 amide bonds. The molecule has 2 aromatic carbocycles. The second-order valence-corrected chi connectivity index (χ2v) is 9.35. The van der Waals surface area contributed by atoms with E-state index in [0.29, 0.717) is 0 Å². The normalized spacial score (nSPS) is 10.1. The Bertz CT molecular complexity index is 349. The SMILES string of the molecule is c1ccc(S[SiH2]Sc2ccccc2)cc1. The van der Waals surface area contributed by atoms with Crippen LogP contribution in [0.25, 0.3) is 0 Å². The number of hydrogen-bond donors (Lipinski definition) is 0. The van der Waals surface area contributed by atoms with Gasteiger partial charge in [-0.2, -0.15) is 0 Å². The number of benzene rings is 2. The molecule has 0 aliphatic heterocycles. The first kappa shape index (κ1) is 10.9. The van der Waals surface area contributed by atoms with Crippen molar-refractivity contribution in [3.05, 3.63) is 60.7 Å². The van der Waals surface area contributed by atoms with Gasteiger partial charge in [0.1, 0.15) is 0 Å². The molecule has 0 saturated heterocycles. The predicted octanol–water partition coefficient (Wildman–Crippen LogP) is 3.57. The van der Waals surface area contributed by atoms with Gasteiger partial charge in [0, 0.05) is 9.79 Å². The van der Waals surface area contributed by atoms with Crippen molar-refractivity contribution in [2.45, 2.75) is 9.79 Å². The van der Waals surface area contributed by atoms with Crippen molar-refractivity contribution in [1.29, 1.82) is 0 Å². The highest BCUT2D eigenvalue weighted by atomic mass is 32.6. The zero-order valence-electron chi connectivity index (χ0n) is 8.30. The molecule has 0 heterocycles. The van der Waals surface area contributed by atoms with Gasteiger partial charge in [-0.1, -0.05) is 36.4 Å². The Morgan fingerprint density at radius 3 is 1.40 bits per heavy atom. The molecular formula is C12H12S2Si. The van der Waals surface area contributed by atoms with E-state index in [9.17, 15) is 0 Å². The molecule has 0 aliphatic carbocycles. The van der Waals surface area contributed by atoms with Crippen LogP contribution in [0.4, 0.5) is 0 Å². The zero-order valence-corrected chi connectivity index (χ0v) is 11.3. The number of rotatable bonds is 4. The summed E-state index contributed by atoms with van der Waals surface area (Å²) in [6.45, 7) is 0. The Morgan fingerprint density at radius 1 is 0.600 bits per heavy atom. The second kappa shape index (κ2) is 6.05. The van der Waals surface area contributed by atoms with Crippen molar-refractivity contribution in [3.8, 4) is 0 Å². The van der Waals surface area contributed by atoms with E-state index in [4.69, 9.17) is 0 Å². The minimum atomic E-state index is -0.152. The maximum absolute atomic E-state index is 2.18. The largest absolute Gasteiger partial charge is 0.158 e. The van der Waals surface area contributed by atoms with Gasteiger partial charge in [0.15, 0.2) is 7.82 Å². The molecule has 76 valence electrons. The first-order valence-electron chi connectivity index (χ1n) is 4.81. The summed E-state index contributed by atoms with van der Waals surface area (Å²) in [5, 5.41) is 0. The average Bonchev–Trinajstić information content (AvgIpc) is 2.32. The molecule has 15 heavy (non-hydrogen) atoms. The van der Waals surface area contributed by atoms with E-state index < -0.39 is 0 Å². The zero-order chi connectivity index (χ0) is 10.3. The molecule has 0 aliphatic rings. The van der Waals surface area contributed by atoms with Gasteiger partial charge in [-0.15, -0.1) is 22.4 Å². The Labute approximate surface area is 101 Å². The summed E-state index contributed by atoms with van der Waals surface area (Å²) in [4.78, 5) is 2.79. The summed E-state index contributed by atoms with van der Waals surface area (Å²) in [5.41, 5.74) is 0. The Balaban J connectivity index is 1.81. The summed E-state index contributed by atoms with van der Waals surface area (Å²) < 4.78 is 0. The lowest BCUT2D eigenvalue weighted by Crippen LogP contribution is -1.77. The molecule has 3 heteroatoms. The van der Waals surface area contributed by atoms with E-state index in [1.807, 2.05) is 22.4 Å². The van der Waals surface area contributed by atoms with Crippen LogP contribution in [0.5, 0.6) is 0 Å². The van der Waals surface area contributed by atoms with Crippen molar-refractivity contribution in [2.24, 2.45) is 0 Å². The van der Waals surface area contributed by atoms with Crippen molar-refractivity contribution in [1.82, 2.24) is 0 Å². The molecule has 0 fully saturated rings. The minimum Gasteiger partial charge on any atom is -0.146 e. The fourth-order valence-corrected chi connectivity index (χ4v) is 7.36. The third kappa shape index (κ3) is 3.78. The van der Waals surface area contributed by atoms with Crippen LogP contribution >= 0.6 is 22.4 Å². The summed E-state index contributed by atoms with van der Waals surface area (Å²) in [7, 11) is -0.152. The molecule has 0 nitrogen and oxygen atoms in total. The first-order valence-corrected chi connectivity index (χ1v) is 10.2. The van der Waals surface area contributed by atoms with Crippen LogP contribution in [0, 0.1) is 0 Å². The van der Waals surface area contributed by atoms with Crippen LogP contribution in [0.2, 0.25) is 0 Å². The Hall–Kier alpha value is -0.643. The smallest absolute Gasteiger partial charge is 0.146 e. The molecular weight excluding hydrogens is 236 g/mol. The van der Waals surface area contributed by atoms with Crippen molar-refractivity contribution in [2.75, 3.05) is 0 Å². The van der Waals surface area contributed by atoms with Crippen LogP contribution in [0.15, 0.2) is 70.5 Å². The van der Waals surface area contributed by atoms with Gasteiger partial charge in [-0.25, -0.2) is 0 Å². The molecule has 0 spiro atoms. The van der Waals surface area contributed by atoms with E-state index in [2.05, 4.69) is 60.7 Å². The Morgan fingerprint density at radius 2 is 1.00 bits per heavy atom. The lowest BCUT2D eigenvalue weighted by Gasteiger charge is -2.00. The van der Waals surface area contributed by atoms with E-state index in [0.717, 1.165) is 0 Å². The summed E-state index contributed by atoms with van der Waals surface area (Å²) >= 11 is 4.03. The minimum absolute atomic E-state index is 0.152. The molecule has 2 rings (SSSR count). The monoisotopic (exact) mass is 248 g/mol. The van der Waals surface area contributed by atoms with Crippen LogP contribution in [0.1, 0.15) is 0 Å². The topological polar surface area (TPSA) is 0 Å². The molecule has 0 bridgehead atoms. The third-order valence-electron chi connectivity index (χ3n) is 1.94. The molecule has 0 atom stereocenters. The average molecular weight is 248 g/mol. The lowest BCUT2D eigenvalue weighted by molar-refractivity contribution is 1.47. The van der Waals surface area contributed by atoms with Crippen molar-refractivity contribution < 1.29 is 0 Å². The molecule has 0 radical (unpaired) electrons. The van der Waals surface area contributed by atoms with Crippen LogP contribution in [-0.4, -0.2) is 7.82 Å². The first-order chi connectivity index (χ1) is 7.45. The van der Waals surface area contributed by atoms with Gasteiger partial charge in [-0.3, -0.25) is 0 Å². The predicted molar refractivity (Wildman–Crippen MR) is 73.1 cm³/mol. The molecule has 0 N–H and O–H groups in total. The van der Waals surface area contributed by atoms with Gasteiger partial charge >= 0.3 is 0 Å². The summed E-state index contributed by atoms with van der Waals surface area (Å²) in [6.07, 6.45) is 0. The number of hydrogen-bond acceptors (Lipinski definition) is 2. The lowest BCUT2D eigenvalue weighted by atomic mass is 10.4. The standard InChI is InChI=1S/C12H12S2Si/c1-3-7-11(8-4-1)13-15-14-12-9-5-2-6-10-12/h1-10H,15H2. The maximum atomic E-state index is 2.18. The highest BCUT2D eigenvalue weighted by molar-refractivity contribution is 8.50. The van der Waals surface area contributed by atoms with Crippen molar-refractivity contribution >= 4 is 30.2 Å². The van der Waals surface area contributed by atoms with E-state index in [1.54, 1.807) is 0 Å². The fourth-order valence-electron chi connectivity index (χ4n) is 1.20. The van der Waals surface area contributed by atoms with Gasteiger partial charge in [0.25, 0.3) is 0 Å². The van der Waals surface area contributed by atoms with Gasteiger partial charge in [0.2, 0.25) is 0 Å². The maximum Gasteiger partial charge on any atom is 0.158 e. The van der Waals surface area contributed by atoms with E-state index >= 15 is 0 Å². The third-order valence-corrected chi connectivity index (χ3v) is 8.21. The van der Waals surface area contributed by atoms with Crippen LogP contribution < -0.4 is 0 Å². The quantitative estimate of drug-likeness (QED) is 0.759. The van der Waals surface area contributed by atoms with Crippen molar-refractivity contribution in [3.63, 3.8) is 0 Å². The van der Waals surface area contributed by atoms with Crippen LogP contribution in [0.3, 0.4) is 0 Å². The highest BCUT2D eigenvalue weighted by Gasteiger charge is 1.95. The van der Waals surface area contributed by atoms with E-state index in [-0.39, 0.29) is 7.82 Å². The van der Waals surface area contributed by atoms with E-state index in [1.165, 1.54) is 9.79 Å². The second-order valence-electron chi connectivity index (χ2n) is 3.03. The molecule has 0 aromatic heterocycles. The summed E-state index contributed by atoms with van der Waals surface area (Å²) in [6, 6.07) is 21.3. The molecule has 0 unspecified atom stereocenters. The highest BCUT2D eigenvalue weighted by Crippen LogP contribution is 2.24. The molecule has 2 aromatic rings.